The van der Waals surface area contributed by atoms with Gasteiger partial charge in [0.15, 0.2) is 0 Å². The molecule has 1 amide bonds. The number of carbonyl (C=O) groups is 1. The van der Waals surface area contributed by atoms with Crippen molar-refractivity contribution in [1.29, 1.82) is 0 Å². The predicted octanol–water partition coefficient (Wildman–Crippen LogP) is 3.27. The first-order valence-corrected chi connectivity index (χ1v) is 7.72. The molecule has 0 spiro atoms. The molecule has 9 nitrogen and oxygen atoms in total. The molecular weight excluding hydrogens is 362 g/mol. The SMILES string of the molecule is O=C(Cn1cc(Cl)cn1)Nc1cc(Oc2cccnc2)cc([N+](=O)[O-])c1. The Hall–Kier alpha value is -3.46. The molecule has 0 radical (unpaired) electrons. The van der Waals surface area contributed by atoms with Crippen LogP contribution in [0.25, 0.3) is 0 Å². The molecule has 2 heterocycles. The Morgan fingerprint density at radius 1 is 1.31 bits per heavy atom. The van der Waals surface area contributed by atoms with Crippen LogP contribution in [0.2, 0.25) is 5.02 Å². The maximum Gasteiger partial charge on any atom is 0.275 e. The second kappa shape index (κ2) is 7.62. The minimum Gasteiger partial charge on any atom is -0.455 e. The molecular formula is C16H12ClN5O4. The molecule has 132 valence electrons. The summed E-state index contributed by atoms with van der Waals surface area (Å²) in [6.45, 7) is -0.0891. The van der Waals surface area contributed by atoms with Crippen molar-refractivity contribution in [2.45, 2.75) is 6.54 Å². The molecule has 3 aromatic rings. The van der Waals surface area contributed by atoms with E-state index in [1.807, 2.05) is 0 Å². The number of anilines is 1. The van der Waals surface area contributed by atoms with Crippen molar-refractivity contribution in [2.24, 2.45) is 0 Å². The van der Waals surface area contributed by atoms with Gasteiger partial charge in [0.25, 0.3) is 5.69 Å². The fourth-order valence-corrected chi connectivity index (χ4v) is 2.29. The van der Waals surface area contributed by atoms with E-state index in [1.54, 1.807) is 18.3 Å². The molecule has 10 heteroatoms. The van der Waals surface area contributed by atoms with Gasteiger partial charge in [0.2, 0.25) is 5.91 Å². The summed E-state index contributed by atoms with van der Waals surface area (Å²) in [5.41, 5.74) is 0.00478. The van der Waals surface area contributed by atoms with Crippen molar-refractivity contribution in [2.75, 3.05) is 5.32 Å². The fourth-order valence-electron chi connectivity index (χ4n) is 2.14. The van der Waals surface area contributed by atoms with Gasteiger partial charge in [0.05, 0.1) is 34.1 Å². The van der Waals surface area contributed by atoms with Crippen LogP contribution < -0.4 is 10.1 Å². The van der Waals surface area contributed by atoms with E-state index in [-0.39, 0.29) is 23.7 Å². The Kier molecular flexibility index (Phi) is 5.09. The van der Waals surface area contributed by atoms with Gasteiger partial charge >= 0.3 is 0 Å². The first kappa shape index (κ1) is 17.4. The molecule has 0 atom stereocenters. The molecule has 0 aliphatic heterocycles. The number of non-ortho nitro benzene ring substituents is 1. The lowest BCUT2D eigenvalue weighted by Crippen LogP contribution is -2.19. The summed E-state index contributed by atoms with van der Waals surface area (Å²) < 4.78 is 6.91. The van der Waals surface area contributed by atoms with E-state index in [2.05, 4.69) is 15.4 Å². The van der Waals surface area contributed by atoms with E-state index in [0.717, 1.165) is 0 Å². The van der Waals surface area contributed by atoms with Gasteiger partial charge in [-0.15, -0.1) is 0 Å². The van der Waals surface area contributed by atoms with Gasteiger partial charge in [-0.3, -0.25) is 24.6 Å². The lowest BCUT2D eigenvalue weighted by molar-refractivity contribution is -0.384. The number of hydrogen-bond acceptors (Lipinski definition) is 6. The van der Waals surface area contributed by atoms with Crippen molar-refractivity contribution in [3.8, 4) is 11.5 Å². The summed E-state index contributed by atoms with van der Waals surface area (Å²) in [7, 11) is 0. The quantitative estimate of drug-likeness (QED) is 0.524. The largest absolute Gasteiger partial charge is 0.455 e. The third kappa shape index (κ3) is 4.54. The molecule has 1 N–H and O–H groups in total. The minimum atomic E-state index is -0.570. The maximum absolute atomic E-state index is 12.1. The molecule has 0 aliphatic rings. The zero-order chi connectivity index (χ0) is 18.5. The van der Waals surface area contributed by atoms with Crippen molar-refractivity contribution in [1.82, 2.24) is 14.8 Å². The van der Waals surface area contributed by atoms with Crippen LogP contribution in [0.4, 0.5) is 11.4 Å². The number of carbonyl (C=O) groups excluding carboxylic acids is 1. The summed E-state index contributed by atoms with van der Waals surface area (Å²) in [5.74, 6) is 0.193. The first-order valence-electron chi connectivity index (χ1n) is 7.35. The Labute approximate surface area is 152 Å². The third-order valence-electron chi connectivity index (χ3n) is 3.16. The lowest BCUT2D eigenvalue weighted by atomic mass is 10.2. The molecule has 0 fully saturated rings. The number of halogens is 1. The van der Waals surface area contributed by atoms with Gasteiger partial charge in [-0.2, -0.15) is 5.10 Å². The number of nitro groups is 1. The Bertz CT molecular complexity index is 945. The number of benzene rings is 1. The smallest absolute Gasteiger partial charge is 0.275 e. The molecule has 1 aromatic carbocycles. The highest BCUT2D eigenvalue weighted by atomic mass is 35.5. The second-order valence-corrected chi connectivity index (χ2v) is 5.60. The lowest BCUT2D eigenvalue weighted by Gasteiger charge is -2.09. The highest BCUT2D eigenvalue weighted by Gasteiger charge is 2.13. The van der Waals surface area contributed by atoms with Crippen LogP contribution in [0.15, 0.2) is 55.1 Å². The molecule has 0 saturated heterocycles. The van der Waals surface area contributed by atoms with E-state index in [1.165, 1.54) is 41.5 Å². The van der Waals surface area contributed by atoms with Gasteiger partial charge in [-0.1, -0.05) is 11.6 Å². The number of nitrogens with one attached hydrogen (secondary N) is 1. The van der Waals surface area contributed by atoms with Gasteiger partial charge in [0.1, 0.15) is 18.0 Å². The molecule has 2 aromatic heterocycles. The highest BCUT2D eigenvalue weighted by Crippen LogP contribution is 2.29. The van der Waals surface area contributed by atoms with Crippen LogP contribution in [-0.2, 0) is 11.3 Å². The molecule has 3 rings (SSSR count). The van der Waals surface area contributed by atoms with Gasteiger partial charge < -0.3 is 10.1 Å². The Morgan fingerprint density at radius 2 is 2.15 bits per heavy atom. The van der Waals surface area contributed by atoms with Crippen LogP contribution in [0.3, 0.4) is 0 Å². The topological polar surface area (TPSA) is 112 Å². The van der Waals surface area contributed by atoms with E-state index in [4.69, 9.17) is 16.3 Å². The van der Waals surface area contributed by atoms with E-state index in [0.29, 0.717) is 10.8 Å². The number of pyridine rings is 1. The van der Waals surface area contributed by atoms with Crippen LogP contribution in [0.1, 0.15) is 0 Å². The predicted molar refractivity (Wildman–Crippen MR) is 93.3 cm³/mol. The number of ether oxygens (including phenoxy) is 1. The minimum absolute atomic E-state index is 0.0891. The van der Waals surface area contributed by atoms with Gasteiger partial charge in [0, 0.05) is 24.5 Å². The average Bonchev–Trinajstić information content (AvgIpc) is 3.00. The number of nitrogens with zero attached hydrogens (tertiary/aromatic N) is 4. The first-order chi connectivity index (χ1) is 12.5. The Balaban J connectivity index is 1.79. The summed E-state index contributed by atoms with van der Waals surface area (Å²) in [4.78, 5) is 26.6. The Morgan fingerprint density at radius 3 is 2.81 bits per heavy atom. The third-order valence-corrected chi connectivity index (χ3v) is 3.36. The monoisotopic (exact) mass is 373 g/mol. The standard InChI is InChI=1S/C16H12ClN5O4/c17-11-7-19-21(9-11)10-16(23)20-12-4-13(22(24)25)6-15(5-12)26-14-2-1-3-18-8-14/h1-9H,10H2,(H,20,23). The second-order valence-electron chi connectivity index (χ2n) is 5.17. The normalized spacial score (nSPS) is 10.3. The highest BCUT2D eigenvalue weighted by molar-refractivity contribution is 6.30. The van der Waals surface area contributed by atoms with Crippen LogP contribution >= 0.6 is 11.6 Å². The zero-order valence-electron chi connectivity index (χ0n) is 13.2. The van der Waals surface area contributed by atoms with Crippen molar-refractivity contribution < 1.29 is 14.5 Å². The molecule has 0 aliphatic carbocycles. The summed E-state index contributed by atoms with van der Waals surface area (Å²) in [6.07, 6.45) is 5.94. The molecule has 0 bridgehead atoms. The van der Waals surface area contributed by atoms with E-state index in [9.17, 15) is 14.9 Å². The zero-order valence-corrected chi connectivity index (χ0v) is 14.0. The molecule has 0 unspecified atom stereocenters. The number of amides is 1. The summed E-state index contributed by atoms with van der Waals surface area (Å²) in [5, 5.41) is 18.0. The van der Waals surface area contributed by atoms with Gasteiger partial charge in [-0.25, -0.2) is 0 Å². The maximum atomic E-state index is 12.1. The number of nitro benzene ring substituents is 1. The van der Waals surface area contributed by atoms with Crippen molar-refractivity contribution in [3.63, 3.8) is 0 Å². The van der Waals surface area contributed by atoms with E-state index < -0.39 is 10.8 Å². The summed E-state index contributed by atoms with van der Waals surface area (Å²) in [6, 6.07) is 7.31. The van der Waals surface area contributed by atoms with Crippen molar-refractivity contribution >= 4 is 28.9 Å². The van der Waals surface area contributed by atoms with Crippen LogP contribution in [0.5, 0.6) is 11.5 Å². The van der Waals surface area contributed by atoms with Crippen LogP contribution in [-0.4, -0.2) is 25.6 Å². The van der Waals surface area contributed by atoms with E-state index >= 15 is 0 Å². The van der Waals surface area contributed by atoms with Gasteiger partial charge in [-0.05, 0) is 12.1 Å². The molecule has 26 heavy (non-hydrogen) atoms. The van der Waals surface area contributed by atoms with Crippen molar-refractivity contribution in [3.05, 3.63) is 70.3 Å². The number of hydrogen-bond donors (Lipinski definition) is 1. The number of aromatic nitrogens is 3. The number of rotatable bonds is 6. The van der Waals surface area contributed by atoms with Crippen LogP contribution in [0, 0.1) is 10.1 Å². The average molecular weight is 374 g/mol. The molecule has 0 saturated carbocycles. The summed E-state index contributed by atoms with van der Waals surface area (Å²) >= 11 is 5.75. The fraction of sp³-hybridized carbons (Fsp3) is 0.0625.